The topological polar surface area (TPSA) is 76.6 Å². The van der Waals surface area contributed by atoms with Crippen molar-refractivity contribution in [1.29, 1.82) is 0 Å². The minimum absolute atomic E-state index is 0.202. The molecule has 3 aliphatic heterocycles. The molecule has 3 aliphatic rings. The van der Waals surface area contributed by atoms with Crippen LogP contribution in [0, 0.1) is 0 Å². The van der Waals surface area contributed by atoms with E-state index in [9.17, 15) is 4.79 Å². The lowest BCUT2D eigenvalue weighted by Gasteiger charge is -2.38. The van der Waals surface area contributed by atoms with Crippen molar-refractivity contribution >= 4 is 11.6 Å². The Kier molecular flexibility index (Phi) is 3.60. The van der Waals surface area contributed by atoms with Gasteiger partial charge in [-0.05, 0) is 6.42 Å². The predicted octanol–water partition coefficient (Wildman–Crippen LogP) is 1.13. The Morgan fingerprint density at radius 2 is 2.20 bits per heavy atom. The van der Waals surface area contributed by atoms with Crippen LogP contribution in [0.4, 0.5) is 5.69 Å². The average Bonchev–Trinajstić information content (AvgIpc) is 3.30. The summed E-state index contributed by atoms with van der Waals surface area (Å²) in [5.74, 6) is 1.18. The monoisotopic (exact) mass is 343 g/mol. The minimum atomic E-state index is 0.202. The first kappa shape index (κ1) is 15.1. The second kappa shape index (κ2) is 5.96. The zero-order valence-electron chi connectivity index (χ0n) is 14.1. The number of carbonyl (C=O) groups excluding carboxylic acids is 1. The normalized spacial score (nSPS) is 21.6. The zero-order valence-corrected chi connectivity index (χ0v) is 14.1. The Morgan fingerprint density at radius 3 is 3.04 bits per heavy atom. The predicted molar refractivity (Wildman–Crippen MR) is 88.0 cm³/mol. The maximum Gasteiger partial charge on any atom is 0.227 e. The van der Waals surface area contributed by atoms with Gasteiger partial charge in [-0.3, -0.25) is 14.4 Å². The fourth-order valence-corrected chi connectivity index (χ4v) is 3.84. The van der Waals surface area contributed by atoms with E-state index in [1.54, 1.807) is 6.20 Å². The zero-order chi connectivity index (χ0) is 16.8. The number of fused-ring (bicyclic) bond motifs is 1. The van der Waals surface area contributed by atoms with Crippen molar-refractivity contribution in [2.45, 2.75) is 38.5 Å². The van der Waals surface area contributed by atoms with E-state index < -0.39 is 0 Å². The van der Waals surface area contributed by atoms with Gasteiger partial charge >= 0.3 is 0 Å². The van der Waals surface area contributed by atoms with Gasteiger partial charge in [0.1, 0.15) is 11.5 Å². The summed E-state index contributed by atoms with van der Waals surface area (Å²) in [5, 5.41) is 8.68. The van der Waals surface area contributed by atoms with Crippen molar-refractivity contribution < 1.29 is 14.1 Å². The standard InChI is InChI=1S/C17H21N5O3/c23-17-2-1-4-21(17)12-6-18-22(9-12)13-7-20(8-13)10-15-14-11-24-5-3-16(14)25-19-15/h6,9,13H,1-5,7-8,10-11H2. The molecule has 8 nitrogen and oxygen atoms in total. The molecule has 0 N–H and O–H groups in total. The van der Waals surface area contributed by atoms with E-state index in [0.717, 1.165) is 61.7 Å². The van der Waals surface area contributed by atoms with Crippen LogP contribution in [0.15, 0.2) is 16.9 Å². The van der Waals surface area contributed by atoms with Crippen LogP contribution in [0.5, 0.6) is 0 Å². The molecule has 25 heavy (non-hydrogen) atoms. The lowest BCUT2D eigenvalue weighted by molar-refractivity contribution is -0.117. The van der Waals surface area contributed by atoms with Crippen molar-refractivity contribution in [3.63, 3.8) is 0 Å². The van der Waals surface area contributed by atoms with Gasteiger partial charge in [-0.2, -0.15) is 5.10 Å². The van der Waals surface area contributed by atoms with Crippen molar-refractivity contribution in [2.75, 3.05) is 31.1 Å². The number of hydrogen-bond donors (Lipinski definition) is 0. The van der Waals surface area contributed by atoms with Gasteiger partial charge in [-0.15, -0.1) is 0 Å². The van der Waals surface area contributed by atoms with Gasteiger partial charge in [0.15, 0.2) is 0 Å². The summed E-state index contributed by atoms with van der Waals surface area (Å²) in [6.07, 6.45) is 6.20. The van der Waals surface area contributed by atoms with E-state index >= 15 is 0 Å². The third kappa shape index (κ3) is 2.65. The van der Waals surface area contributed by atoms with E-state index in [0.29, 0.717) is 25.7 Å². The molecular formula is C17H21N5O3. The molecule has 2 fully saturated rings. The molecule has 0 radical (unpaired) electrons. The van der Waals surface area contributed by atoms with Crippen molar-refractivity contribution in [3.8, 4) is 0 Å². The number of hydrogen-bond acceptors (Lipinski definition) is 6. The van der Waals surface area contributed by atoms with Crippen molar-refractivity contribution in [3.05, 3.63) is 29.4 Å². The smallest absolute Gasteiger partial charge is 0.227 e. The molecule has 0 bridgehead atoms. The molecule has 0 spiro atoms. The number of rotatable bonds is 4. The van der Waals surface area contributed by atoms with Crippen LogP contribution in [0.3, 0.4) is 0 Å². The highest BCUT2D eigenvalue weighted by Gasteiger charge is 2.32. The molecule has 0 unspecified atom stereocenters. The molecule has 0 saturated carbocycles. The highest BCUT2D eigenvalue weighted by Crippen LogP contribution is 2.28. The Bertz CT molecular complexity index is 792. The summed E-state index contributed by atoms with van der Waals surface area (Å²) in [6, 6.07) is 0.352. The molecular weight excluding hydrogens is 322 g/mol. The Balaban J connectivity index is 1.20. The number of ether oxygens (including phenoxy) is 1. The molecule has 2 aromatic rings. The second-order valence-corrected chi connectivity index (χ2v) is 7.01. The fourth-order valence-electron chi connectivity index (χ4n) is 3.84. The molecule has 0 atom stereocenters. The first-order valence-electron chi connectivity index (χ1n) is 8.89. The molecule has 2 aromatic heterocycles. The highest BCUT2D eigenvalue weighted by atomic mass is 16.5. The lowest BCUT2D eigenvalue weighted by atomic mass is 10.1. The number of carbonyl (C=O) groups is 1. The van der Waals surface area contributed by atoms with Crippen LogP contribution in [0.25, 0.3) is 0 Å². The molecule has 8 heteroatoms. The molecule has 1 amide bonds. The van der Waals surface area contributed by atoms with Gasteiger partial charge in [0, 0.05) is 50.8 Å². The Labute approximate surface area is 145 Å². The molecule has 5 heterocycles. The van der Waals surface area contributed by atoms with Crippen LogP contribution in [0.2, 0.25) is 0 Å². The first-order valence-corrected chi connectivity index (χ1v) is 8.89. The maximum atomic E-state index is 11.8. The number of aromatic nitrogens is 3. The quantitative estimate of drug-likeness (QED) is 0.828. The fraction of sp³-hybridized carbons (Fsp3) is 0.588. The van der Waals surface area contributed by atoms with E-state index in [1.807, 2.05) is 15.8 Å². The van der Waals surface area contributed by atoms with Crippen LogP contribution < -0.4 is 4.90 Å². The third-order valence-electron chi connectivity index (χ3n) is 5.33. The summed E-state index contributed by atoms with van der Waals surface area (Å²) in [7, 11) is 0. The SMILES string of the molecule is O=C1CCCN1c1cnn(C2CN(Cc3noc4c3COCC4)C2)c1. The number of anilines is 1. The summed E-state index contributed by atoms with van der Waals surface area (Å²) in [4.78, 5) is 16.0. The maximum absolute atomic E-state index is 11.8. The van der Waals surface area contributed by atoms with Gasteiger partial charge in [0.2, 0.25) is 5.91 Å². The van der Waals surface area contributed by atoms with Gasteiger partial charge in [-0.1, -0.05) is 5.16 Å². The molecule has 5 rings (SSSR count). The van der Waals surface area contributed by atoms with Gasteiger partial charge < -0.3 is 14.2 Å². The van der Waals surface area contributed by atoms with E-state index in [2.05, 4.69) is 15.2 Å². The molecule has 132 valence electrons. The minimum Gasteiger partial charge on any atom is -0.376 e. The summed E-state index contributed by atoms with van der Waals surface area (Å²) >= 11 is 0. The molecule has 0 aromatic carbocycles. The van der Waals surface area contributed by atoms with Crippen LogP contribution in [-0.4, -0.2) is 52.0 Å². The van der Waals surface area contributed by atoms with Crippen LogP contribution >= 0.6 is 0 Å². The summed E-state index contributed by atoms with van der Waals surface area (Å²) in [6.45, 7) is 4.78. The summed E-state index contributed by atoms with van der Waals surface area (Å²) in [5.41, 5.74) is 3.05. The average molecular weight is 343 g/mol. The van der Waals surface area contributed by atoms with Gasteiger partial charge in [0.25, 0.3) is 0 Å². The van der Waals surface area contributed by atoms with Crippen LogP contribution in [-0.2, 0) is 29.1 Å². The van der Waals surface area contributed by atoms with Crippen molar-refractivity contribution in [1.82, 2.24) is 19.8 Å². The largest absolute Gasteiger partial charge is 0.376 e. The van der Waals surface area contributed by atoms with E-state index in [4.69, 9.17) is 9.26 Å². The number of nitrogens with zero attached hydrogens (tertiary/aromatic N) is 5. The highest BCUT2D eigenvalue weighted by molar-refractivity contribution is 5.95. The molecule has 2 saturated heterocycles. The van der Waals surface area contributed by atoms with E-state index in [1.165, 1.54) is 0 Å². The molecule has 0 aliphatic carbocycles. The van der Waals surface area contributed by atoms with Gasteiger partial charge in [-0.25, -0.2) is 0 Å². The Hall–Kier alpha value is -2.19. The lowest BCUT2D eigenvalue weighted by Crippen LogP contribution is -2.47. The Morgan fingerprint density at radius 1 is 1.28 bits per heavy atom. The van der Waals surface area contributed by atoms with Gasteiger partial charge in [0.05, 0.1) is 31.1 Å². The first-order chi connectivity index (χ1) is 12.3. The number of amides is 1. The third-order valence-corrected chi connectivity index (χ3v) is 5.33. The van der Waals surface area contributed by atoms with Crippen LogP contribution in [0.1, 0.15) is 35.9 Å². The second-order valence-electron chi connectivity index (χ2n) is 7.01. The van der Waals surface area contributed by atoms with E-state index in [-0.39, 0.29) is 5.91 Å². The number of likely N-dealkylation sites (tertiary alicyclic amines) is 1. The summed E-state index contributed by atoms with van der Waals surface area (Å²) < 4.78 is 12.9. The van der Waals surface area contributed by atoms with Crippen molar-refractivity contribution in [2.24, 2.45) is 0 Å².